The molecule has 0 saturated carbocycles. The summed E-state index contributed by atoms with van der Waals surface area (Å²) in [5, 5.41) is 3.20. The van der Waals surface area contributed by atoms with Gasteiger partial charge in [-0.3, -0.25) is 13.9 Å². The molecule has 0 unspecified atom stereocenters. The fourth-order valence-corrected chi connectivity index (χ4v) is 6.69. The predicted octanol–water partition coefficient (Wildman–Crippen LogP) is 7.19. The fourth-order valence-electron chi connectivity index (χ4n) is 4.83. The van der Waals surface area contributed by atoms with Crippen molar-refractivity contribution in [3.63, 3.8) is 0 Å². The van der Waals surface area contributed by atoms with E-state index in [1.807, 2.05) is 51.1 Å². The highest BCUT2D eigenvalue weighted by Gasteiger charge is 2.36. The minimum Gasteiger partial charge on any atom is -0.352 e. The summed E-state index contributed by atoms with van der Waals surface area (Å²) in [5.41, 5.74) is 1.76. The van der Waals surface area contributed by atoms with Gasteiger partial charge in [-0.1, -0.05) is 96.4 Å². The van der Waals surface area contributed by atoms with Gasteiger partial charge >= 0.3 is 0 Å². The molecule has 4 aromatic rings. The number of sulfonamides is 1. The van der Waals surface area contributed by atoms with Crippen LogP contribution in [0.1, 0.15) is 37.0 Å². The summed E-state index contributed by atoms with van der Waals surface area (Å²) < 4.78 is 44.3. The molecule has 0 radical (unpaired) electrons. The summed E-state index contributed by atoms with van der Waals surface area (Å²) in [6.45, 7) is 4.55. The van der Waals surface area contributed by atoms with E-state index in [4.69, 9.17) is 23.2 Å². The summed E-state index contributed by atoms with van der Waals surface area (Å²) in [4.78, 5) is 29.5. The second-order valence-corrected chi connectivity index (χ2v) is 13.8. The summed E-state index contributed by atoms with van der Waals surface area (Å²) in [5.74, 6) is -1.75. The standard InChI is InChI=1S/C35H36Cl2FN3O4S/c1-4-25(3)39-35(43)33(20-26-10-6-5-7-11-26)40(22-27-12-8-9-13-31(27)38)34(42)23-41(32-21-28(36)16-19-30(32)37)46(44,45)29-17-14-24(2)15-18-29/h5-19,21,25,33H,4,20,22-23H2,1-3H3,(H,39,43)/t25-,33+/m0/s1. The number of amides is 2. The van der Waals surface area contributed by atoms with Crippen molar-refractivity contribution in [3.05, 3.63) is 130 Å². The Bertz CT molecular complexity index is 1770. The van der Waals surface area contributed by atoms with E-state index in [0.29, 0.717) is 6.42 Å². The second-order valence-electron chi connectivity index (χ2n) is 11.1. The van der Waals surface area contributed by atoms with Crippen molar-refractivity contribution < 1.29 is 22.4 Å². The van der Waals surface area contributed by atoms with Crippen LogP contribution in [-0.2, 0) is 32.6 Å². The number of benzene rings is 4. The minimum absolute atomic E-state index is 0.0161. The summed E-state index contributed by atoms with van der Waals surface area (Å²) in [7, 11) is -4.38. The molecule has 0 fully saturated rings. The van der Waals surface area contributed by atoms with E-state index in [2.05, 4.69) is 5.32 Å². The molecule has 0 spiro atoms. The van der Waals surface area contributed by atoms with Gasteiger partial charge in [-0.15, -0.1) is 0 Å². The molecule has 0 aliphatic heterocycles. The van der Waals surface area contributed by atoms with Crippen LogP contribution < -0.4 is 9.62 Å². The molecule has 242 valence electrons. The maximum absolute atomic E-state index is 15.1. The maximum Gasteiger partial charge on any atom is 0.264 e. The lowest BCUT2D eigenvalue weighted by atomic mass is 10.0. The van der Waals surface area contributed by atoms with E-state index >= 15 is 4.39 Å². The molecule has 7 nitrogen and oxygen atoms in total. The first kappa shape index (κ1) is 34.9. The van der Waals surface area contributed by atoms with Crippen LogP contribution >= 0.6 is 23.2 Å². The molecule has 0 bridgehead atoms. The Hall–Kier alpha value is -3.92. The number of halogens is 3. The lowest BCUT2D eigenvalue weighted by Crippen LogP contribution is -2.54. The highest BCUT2D eigenvalue weighted by Crippen LogP contribution is 2.33. The molecule has 1 N–H and O–H groups in total. The molecule has 4 aromatic carbocycles. The number of anilines is 1. The Kier molecular flexibility index (Phi) is 11.8. The van der Waals surface area contributed by atoms with Crippen LogP contribution in [0.15, 0.2) is 102 Å². The number of hydrogen-bond acceptors (Lipinski definition) is 4. The zero-order valence-corrected chi connectivity index (χ0v) is 28.1. The summed E-state index contributed by atoms with van der Waals surface area (Å²) >= 11 is 12.8. The number of aryl methyl sites for hydroxylation is 1. The molecule has 0 heterocycles. The van der Waals surface area contributed by atoms with E-state index in [-0.39, 0.29) is 45.2 Å². The minimum atomic E-state index is -4.38. The molecule has 0 saturated heterocycles. The van der Waals surface area contributed by atoms with E-state index in [1.54, 1.807) is 18.2 Å². The molecular weight excluding hydrogens is 648 g/mol. The van der Waals surface area contributed by atoms with Crippen molar-refractivity contribution in [2.45, 2.75) is 57.1 Å². The highest BCUT2D eigenvalue weighted by molar-refractivity contribution is 7.92. The zero-order chi connectivity index (χ0) is 33.4. The van der Waals surface area contributed by atoms with E-state index in [9.17, 15) is 18.0 Å². The third-order valence-electron chi connectivity index (χ3n) is 7.64. The Morgan fingerprint density at radius 1 is 0.913 bits per heavy atom. The lowest BCUT2D eigenvalue weighted by Gasteiger charge is -2.34. The van der Waals surface area contributed by atoms with Gasteiger partial charge in [0.15, 0.2) is 0 Å². The number of hydrogen-bond donors (Lipinski definition) is 1. The predicted molar refractivity (Wildman–Crippen MR) is 181 cm³/mol. The zero-order valence-electron chi connectivity index (χ0n) is 25.8. The molecule has 4 rings (SSSR count). The molecule has 46 heavy (non-hydrogen) atoms. The largest absolute Gasteiger partial charge is 0.352 e. The number of carbonyl (C=O) groups is 2. The van der Waals surface area contributed by atoms with Gasteiger partial charge in [0.25, 0.3) is 10.0 Å². The Morgan fingerprint density at radius 2 is 1.57 bits per heavy atom. The molecular formula is C35H36Cl2FN3O4S. The number of carbonyl (C=O) groups excluding carboxylic acids is 2. The van der Waals surface area contributed by atoms with Crippen LogP contribution in [0.25, 0.3) is 0 Å². The molecule has 0 aliphatic rings. The monoisotopic (exact) mass is 683 g/mol. The SMILES string of the molecule is CC[C@H](C)NC(=O)[C@@H](Cc1ccccc1)N(Cc1ccccc1F)C(=O)CN(c1cc(Cl)ccc1Cl)S(=O)(=O)c1ccc(C)cc1. The van der Waals surface area contributed by atoms with Crippen molar-refractivity contribution in [1.29, 1.82) is 0 Å². The van der Waals surface area contributed by atoms with Crippen LogP contribution in [0, 0.1) is 12.7 Å². The first-order chi connectivity index (χ1) is 21.9. The van der Waals surface area contributed by atoms with Gasteiger partial charge in [0, 0.05) is 29.6 Å². The number of nitrogens with zero attached hydrogens (tertiary/aromatic N) is 2. The Morgan fingerprint density at radius 3 is 2.22 bits per heavy atom. The molecule has 2 amide bonds. The lowest BCUT2D eigenvalue weighted by molar-refractivity contribution is -0.140. The topological polar surface area (TPSA) is 86.8 Å². The number of rotatable bonds is 13. The average molecular weight is 685 g/mol. The highest BCUT2D eigenvalue weighted by atomic mass is 35.5. The van der Waals surface area contributed by atoms with Gasteiger partial charge in [-0.05, 0) is 62.2 Å². The summed E-state index contributed by atoms with van der Waals surface area (Å²) in [6.07, 6.45) is 0.743. The summed E-state index contributed by atoms with van der Waals surface area (Å²) in [6, 6.07) is 24.2. The van der Waals surface area contributed by atoms with Crippen molar-refractivity contribution >= 4 is 50.7 Å². The molecule has 2 atom stereocenters. The molecule has 0 aliphatic carbocycles. The van der Waals surface area contributed by atoms with E-state index in [0.717, 1.165) is 15.4 Å². The third kappa shape index (κ3) is 8.66. The van der Waals surface area contributed by atoms with E-state index < -0.39 is 40.2 Å². The van der Waals surface area contributed by atoms with Gasteiger partial charge in [0.05, 0.1) is 15.6 Å². The normalized spacial score (nSPS) is 12.7. The van der Waals surface area contributed by atoms with Crippen LogP contribution in [0.3, 0.4) is 0 Å². The van der Waals surface area contributed by atoms with E-state index in [1.165, 1.54) is 53.4 Å². The Labute approximate surface area is 280 Å². The molecule has 11 heteroatoms. The van der Waals surface area contributed by atoms with Gasteiger partial charge < -0.3 is 10.2 Å². The van der Waals surface area contributed by atoms with Crippen LogP contribution in [0.2, 0.25) is 10.0 Å². The average Bonchev–Trinajstić information content (AvgIpc) is 3.04. The van der Waals surface area contributed by atoms with Crippen molar-refractivity contribution in [1.82, 2.24) is 10.2 Å². The van der Waals surface area contributed by atoms with Crippen molar-refractivity contribution in [3.8, 4) is 0 Å². The first-order valence-corrected chi connectivity index (χ1v) is 17.0. The van der Waals surface area contributed by atoms with Crippen LogP contribution in [0.4, 0.5) is 10.1 Å². The van der Waals surface area contributed by atoms with Gasteiger partial charge in [-0.25, -0.2) is 12.8 Å². The van der Waals surface area contributed by atoms with Gasteiger partial charge in [-0.2, -0.15) is 0 Å². The van der Waals surface area contributed by atoms with Crippen LogP contribution in [-0.4, -0.2) is 43.8 Å². The van der Waals surface area contributed by atoms with Crippen molar-refractivity contribution in [2.75, 3.05) is 10.8 Å². The number of nitrogens with one attached hydrogen (secondary N) is 1. The van der Waals surface area contributed by atoms with Crippen LogP contribution in [0.5, 0.6) is 0 Å². The van der Waals surface area contributed by atoms with Gasteiger partial charge in [0.2, 0.25) is 11.8 Å². The van der Waals surface area contributed by atoms with Crippen molar-refractivity contribution in [2.24, 2.45) is 0 Å². The quantitative estimate of drug-likeness (QED) is 0.162. The Balaban J connectivity index is 1.85. The second kappa shape index (κ2) is 15.6. The third-order valence-corrected chi connectivity index (χ3v) is 9.96. The smallest absolute Gasteiger partial charge is 0.264 e. The molecule has 0 aromatic heterocycles. The maximum atomic E-state index is 15.1. The first-order valence-electron chi connectivity index (χ1n) is 14.8. The van der Waals surface area contributed by atoms with Gasteiger partial charge in [0.1, 0.15) is 18.4 Å². The fraction of sp³-hybridized carbons (Fsp3) is 0.257.